The summed E-state index contributed by atoms with van der Waals surface area (Å²) >= 11 is 0. The molecule has 16 nitrogen and oxygen atoms in total. The molecule has 2 aliphatic carbocycles. The average molecular weight is 1330 g/mol. The first-order chi connectivity index (χ1) is 34.7. The van der Waals surface area contributed by atoms with Gasteiger partial charge in [-0.1, -0.05) is 177 Å². The maximum Gasteiger partial charge on any atom is 0.306 e. The van der Waals surface area contributed by atoms with Gasteiger partial charge in [-0.15, -0.1) is 18.3 Å². The molecule has 0 aliphatic heterocycles. The standard InChI is InChI=1S/C53H107N3O13Si4.C2H4.12CH4/c1-50(2,3)70(13,14)66-34-28-59-38-42(39-60-29-35-67-71(15,16)51(4,5)6)63-32-33-64-49(57)37-46-44-21-23-47-48(24-22-45(44)46)56(55-54-47)25-26-58-27-31-62-43(41-65-69-73(19,20)53(10,11)12)40-61-30-36-68-72(17,18)52(7,8)9;1-2;;;;;;;;;;;;/h42-46H,21-41H2,1-20H3;1-2H2;12*1H4. The number of nitrogens with zero attached hydrogens (tertiary/aromatic N) is 3. The van der Waals surface area contributed by atoms with Crippen molar-refractivity contribution in [1.82, 2.24) is 15.0 Å². The Morgan fingerprint density at radius 3 is 1.23 bits per heavy atom. The van der Waals surface area contributed by atoms with Crippen LogP contribution in [0.1, 0.15) is 203 Å². The maximum atomic E-state index is 13.1. The van der Waals surface area contributed by atoms with Gasteiger partial charge in [0.2, 0.25) is 8.32 Å². The van der Waals surface area contributed by atoms with Gasteiger partial charge in [-0.05, 0) is 116 Å². The first-order valence-electron chi connectivity index (χ1n) is 28.0. The minimum absolute atomic E-state index is 0. The van der Waals surface area contributed by atoms with E-state index in [2.05, 4.69) is 159 Å². The summed E-state index contributed by atoms with van der Waals surface area (Å²) in [4.78, 5) is 18.9. The van der Waals surface area contributed by atoms with Crippen molar-refractivity contribution in [3.63, 3.8) is 0 Å². The van der Waals surface area contributed by atoms with Crippen LogP contribution in [0.15, 0.2) is 13.2 Å². The number of esters is 1. The summed E-state index contributed by atoms with van der Waals surface area (Å²) in [6, 6.07) is 0. The zero-order valence-electron chi connectivity index (χ0n) is 51.3. The molecule has 87 heavy (non-hydrogen) atoms. The monoisotopic (exact) mass is 1330 g/mol. The molecule has 4 atom stereocenters. The number of rotatable bonds is 35. The van der Waals surface area contributed by atoms with Crippen molar-refractivity contribution < 1.29 is 60.7 Å². The van der Waals surface area contributed by atoms with E-state index >= 15 is 0 Å². The molecule has 1 saturated carbocycles. The summed E-state index contributed by atoms with van der Waals surface area (Å²) < 4.78 is 69.1. The Morgan fingerprint density at radius 2 is 0.839 bits per heavy atom. The Hall–Kier alpha value is -1.22. The Labute approximate surface area is 549 Å². The number of carbonyl (C=O) groups excluding carboxylic acids is 1. The third-order valence-corrected chi connectivity index (χ3v) is 34.5. The van der Waals surface area contributed by atoms with Gasteiger partial charge in [0, 0.05) is 6.42 Å². The molecule has 2 aliphatic rings. The smallest absolute Gasteiger partial charge is 0.306 e. The van der Waals surface area contributed by atoms with E-state index in [9.17, 15) is 4.79 Å². The van der Waals surface area contributed by atoms with E-state index in [-0.39, 0.29) is 147 Å². The molecule has 1 heterocycles. The number of carbonyl (C=O) groups is 1. The molecule has 0 aromatic carbocycles. The third kappa shape index (κ3) is 39.2. The lowest BCUT2D eigenvalue weighted by atomic mass is 10.0. The predicted molar refractivity (Wildman–Crippen MR) is 391 cm³/mol. The molecular formula is C67H159N3O13Si4. The molecule has 0 amide bonds. The average Bonchev–Trinajstić information content (AvgIpc) is 3.77. The van der Waals surface area contributed by atoms with E-state index in [1.54, 1.807) is 0 Å². The highest BCUT2D eigenvalue weighted by molar-refractivity contribution is 6.75. The fourth-order valence-corrected chi connectivity index (χ4v) is 11.2. The topological polar surface area (TPSA) is 159 Å². The Bertz CT molecular complexity index is 1730. The number of aryl methyl sites for hydroxylation is 1. The van der Waals surface area contributed by atoms with Crippen LogP contribution in [0.25, 0.3) is 0 Å². The number of hydrogen-bond donors (Lipinski definition) is 0. The van der Waals surface area contributed by atoms with E-state index in [1.807, 2.05) is 4.68 Å². The minimum Gasteiger partial charge on any atom is -0.463 e. The fraction of sp³-hybridized carbons (Fsp3) is 0.925. The van der Waals surface area contributed by atoms with Crippen molar-refractivity contribution in [1.29, 1.82) is 0 Å². The largest absolute Gasteiger partial charge is 0.463 e. The molecule has 0 N–H and O–H groups in total. The third-order valence-electron chi connectivity index (χ3n) is 16.7. The summed E-state index contributed by atoms with van der Waals surface area (Å²) in [7, 11) is -7.67. The molecule has 1 fully saturated rings. The van der Waals surface area contributed by atoms with Gasteiger partial charge in [0.1, 0.15) is 25.4 Å². The summed E-state index contributed by atoms with van der Waals surface area (Å²) in [5.74, 6) is 1.15. The molecule has 20 heteroatoms. The number of aromatic nitrogens is 3. The molecule has 4 unspecified atom stereocenters. The van der Waals surface area contributed by atoms with Gasteiger partial charge in [0.05, 0.1) is 104 Å². The Morgan fingerprint density at radius 1 is 0.483 bits per heavy atom. The second-order valence-electron chi connectivity index (χ2n) is 26.5. The summed E-state index contributed by atoms with van der Waals surface area (Å²) in [6.07, 6.45) is 3.52. The normalized spacial score (nSPS) is 15.9. The van der Waals surface area contributed by atoms with E-state index < -0.39 is 33.3 Å². The Balaban J connectivity index is -0.000000453. The van der Waals surface area contributed by atoms with Crippen LogP contribution >= 0.6 is 0 Å². The van der Waals surface area contributed by atoms with Gasteiger partial charge in [0.25, 0.3) is 0 Å². The van der Waals surface area contributed by atoms with Crippen LogP contribution in [0.2, 0.25) is 72.5 Å². The lowest BCUT2D eigenvalue weighted by Crippen LogP contribution is -2.42. The van der Waals surface area contributed by atoms with Crippen LogP contribution in [0, 0.1) is 17.8 Å². The van der Waals surface area contributed by atoms with Crippen LogP contribution in [0.5, 0.6) is 0 Å². The fourth-order valence-electron chi connectivity index (χ4n) is 7.49. The highest BCUT2D eigenvalue weighted by Crippen LogP contribution is 2.54. The number of fused-ring (bicyclic) bond motifs is 2. The van der Waals surface area contributed by atoms with Gasteiger partial charge in [-0.25, -0.2) is 9.57 Å². The van der Waals surface area contributed by atoms with Crippen molar-refractivity contribution in [3.05, 3.63) is 24.5 Å². The van der Waals surface area contributed by atoms with Crippen molar-refractivity contribution in [2.24, 2.45) is 17.8 Å². The Kier molecular flexibility index (Phi) is 63.7. The van der Waals surface area contributed by atoms with Gasteiger partial charge in [-0.3, -0.25) is 9.37 Å². The van der Waals surface area contributed by atoms with Crippen LogP contribution in [0.4, 0.5) is 0 Å². The van der Waals surface area contributed by atoms with E-state index in [0.29, 0.717) is 110 Å². The highest BCUT2D eigenvalue weighted by atomic mass is 28.4. The van der Waals surface area contributed by atoms with Crippen LogP contribution in [0.3, 0.4) is 0 Å². The van der Waals surface area contributed by atoms with Crippen LogP contribution in [-0.4, -0.2) is 166 Å². The summed E-state index contributed by atoms with van der Waals surface area (Å²) in [6.45, 7) is 57.2. The first kappa shape index (κ1) is 110. The van der Waals surface area contributed by atoms with Crippen molar-refractivity contribution >= 4 is 39.2 Å². The van der Waals surface area contributed by atoms with E-state index in [1.165, 1.54) is 5.69 Å². The van der Waals surface area contributed by atoms with E-state index in [0.717, 1.165) is 31.4 Å². The lowest BCUT2D eigenvalue weighted by Gasteiger charge is -2.36. The second-order valence-corrected chi connectivity index (χ2v) is 45.6. The SMILES string of the molecule is C.C.C.C.C.C.C.C.C.C.C.C.C=C.CC(C)(C)[Si](C)(C)OCCOCC(COCCO[Si](C)(C)C(C)(C)C)OCCOC(=O)CC1C2CCc3nnn(CCOCCOC(COCCO[Si](C)(C)C(C)(C)C)COO[Si](C)(C)C(C)(C)C)c3CCC21. The van der Waals surface area contributed by atoms with Crippen LogP contribution < -0.4 is 0 Å². The molecule has 1 aromatic rings. The molecule has 0 saturated heterocycles. The molecule has 0 radical (unpaired) electrons. The van der Waals surface area contributed by atoms with Crippen molar-refractivity contribution in [2.75, 3.05) is 99.1 Å². The maximum absolute atomic E-state index is 13.1. The quantitative estimate of drug-likeness (QED) is 0.0158. The molecule has 0 spiro atoms. The number of ether oxygens (including phenoxy) is 7. The van der Waals surface area contributed by atoms with E-state index in [4.69, 9.17) is 55.9 Å². The first-order valence-corrected chi connectivity index (χ1v) is 39.7. The number of hydrogen-bond acceptors (Lipinski definition) is 15. The minimum atomic E-state index is -2.09. The molecule has 536 valence electrons. The van der Waals surface area contributed by atoms with Gasteiger partial charge < -0.3 is 46.4 Å². The summed E-state index contributed by atoms with van der Waals surface area (Å²) in [5, 5.41) is 9.53. The molecule has 3 rings (SSSR count). The summed E-state index contributed by atoms with van der Waals surface area (Å²) in [5.41, 5.74) is 2.23. The lowest BCUT2D eigenvalue weighted by molar-refractivity contribution is -0.245. The molecular weight excluding hydrogens is 1170 g/mol. The van der Waals surface area contributed by atoms with Crippen LogP contribution in [-0.2, 0) is 80.1 Å². The highest BCUT2D eigenvalue weighted by Gasteiger charge is 2.51. The molecule has 0 bridgehead atoms. The second kappa shape index (κ2) is 50.3. The van der Waals surface area contributed by atoms with Crippen molar-refractivity contribution in [3.8, 4) is 0 Å². The van der Waals surface area contributed by atoms with Crippen molar-refractivity contribution in [2.45, 2.75) is 296 Å². The van der Waals surface area contributed by atoms with Gasteiger partial charge in [-0.2, -0.15) is 0 Å². The molecule has 1 aromatic heterocycles. The van der Waals surface area contributed by atoms with Gasteiger partial charge >= 0.3 is 5.97 Å². The predicted octanol–water partition coefficient (Wildman–Crippen LogP) is 19.2. The zero-order chi connectivity index (χ0) is 56.9. The van der Waals surface area contributed by atoms with Gasteiger partial charge in [0.15, 0.2) is 25.0 Å². The zero-order valence-corrected chi connectivity index (χ0v) is 55.3.